The summed E-state index contributed by atoms with van der Waals surface area (Å²) in [6, 6.07) is 3.46. The fourth-order valence-corrected chi connectivity index (χ4v) is 3.17. The average molecular weight is 326 g/mol. The van der Waals surface area contributed by atoms with Crippen LogP contribution in [0.15, 0.2) is 41.0 Å². The largest absolute Gasteiger partial charge is 0.392 e. The second kappa shape index (κ2) is 7.55. The maximum absolute atomic E-state index is 10.9. The summed E-state index contributed by atoms with van der Waals surface area (Å²) in [4.78, 5) is 0.0260. The van der Waals surface area contributed by atoms with Gasteiger partial charge in [0.1, 0.15) is 0 Å². The van der Waals surface area contributed by atoms with Crippen molar-refractivity contribution < 1.29 is 18.1 Å². The normalized spacial score (nSPS) is 14.3. The quantitative estimate of drug-likeness (QED) is 0.561. The van der Waals surface area contributed by atoms with Gasteiger partial charge in [-0.2, -0.15) is 8.42 Å². The molecule has 0 spiro atoms. The molecular weight excluding hydrogens is 304 g/mol. The molecule has 0 amide bonds. The Bertz CT molecular complexity index is 670. The molecule has 7 heteroatoms. The lowest BCUT2D eigenvalue weighted by atomic mass is 10.1. The van der Waals surface area contributed by atoms with Crippen LogP contribution in [0.5, 0.6) is 0 Å². The lowest BCUT2D eigenvalue weighted by molar-refractivity contribution is 0.330. The van der Waals surface area contributed by atoms with Crippen molar-refractivity contribution in [3.8, 4) is 0 Å². The van der Waals surface area contributed by atoms with Crippen LogP contribution in [0.4, 0.5) is 0 Å². The lowest BCUT2D eigenvalue weighted by Gasteiger charge is -2.15. The third kappa shape index (κ3) is 5.27. The maximum atomic E-state index is 10.9. The van der Waals surface area contributed by atoms with E-state index in [0.717, 1.165) is 11.1 Å². The summed E-state index contributed by atoms with van der Waals surface area (Å²) in [7, 11) is -4.08. The average Bonchev–Trinajstić information content (AvgIpc) is 2.37. The standard InChI is InChI=1S/C9H12O3S.C6H10N2O/c1-6-4-7(2)9(8(3)5-6)13(10,11)12;7-8-3-1-6(5-9)2-4-8/h4-5H,1-3H3,(H,10,11,12);1-3,9H,4-5,7H2. The van der Waals surface area contributed by atoms with Gasteiger partial charge in [-0.25, -0.2) is 5.84 Å². The molecule has 1 aromatic carbocycles. The fourth-order valence-electron chi connectivity index (χ4n) is 2.23. The Hall–Kier alpha value is -1.67. The van der Waals surface area contributed by atoms with Crippen molar-refractivity contribution in [1.29, 1.82) is 0 Å². The van der Waals surface area contributed by atoms with Crippen LogP contribution >= 0.6 is 0 Å². The first-order valence-electron chi connectivity index (χ1n) is 6.70. The summed E-state index contributed by atoms with van der Waals surface area (Å²) in [5, 5.41) is 10.2. The van der Waals surface area contributed by atoms with Crippen LogP contribution in [0.3, 0.4) is 0 Å². The number of hydrogen-bond acceptors (Lipinski definition) is 5. The molecule has 0 saturated heterocycles. The molecule has 0 aromatic heterocycles. The molecule has 0 atom stereocenters. The Balaban J connectivity index is 0.000000235. The van der Waals surface area contributed by atoms with E-state index in [2.05, 4.69) is 0 Å². The SMILES string of the molecule is Cc1cc(C)c(S(=O)(=O)O)c(C)c1.NN1C=CC(CO)=CC1. The molecule has 0 saturated carbocycles. The molecule has 1 aliphatic rings. The molecule has 0 unspecified atom stereocenters. The molecule has 0 bridgehead atoms. The molecule has 22 heavy (non-hydrogen) atoms. The second-order valence-corrected chi connectivity index (χ2v) is 6.51. The summed E-state index contributed by atoms with van der Waals surface area (Å²) >= 11 is 0. The Morgan fingerprint density at radius 1 is 1.23 bits per heavy atom. The first-order chi connectivity index (χ1) is 10.1. The van der Waals surface area contributed by atoms with E-state index in [9.17, 15) is 8.42 Å². The molecule has 0 radical (unpaired) electrons. The smallest absolute Gasteiger partial charge is 0.295 e. The van der Waals surface area contributed by atoms with Crippen molar-refractivity contribution in [2.45, 2.75) is 25.7 Å². The summed E-state index contributed by atoms with van der Waals surface area (Å²) < 4.78 is 30.8. The van der Waals surface area contributed by atoms with Crippen LogP contribution in [0.25, 0.3) is 0 Å². The van der Waals surface area contributed by atoms with Gasteiger partial charge in [-0.3, -0.25) is 4.55 Å². The molecule has 1 aromatic rings. The van der Waals surface area contributed by atoms with Gasteiger partial charge in [-0.15, -0.1) is 0 Å². The van der Waals surface area contributed by atoms with Gasteiger partial charge in [0.05, 0.1) is 18.0 Å². The van der Waals surface area contributed by atoms with Crippen molar-refractivity contribution >= 4 is 10.1 Å². The molecule has 0 aliphatic carbocycles. The van der Waals surface area contributed by atoms with Crippen LogP contribution in [0, 0.1) is 20.8 Å². The van der Waals surface area contributed by atoms with E-state index >= 15 is 0 Å². The van der Waals surface area contributed by atoms with Crippen LogP contribution in [-0.2, 0) is 10.1 Å². The Kier molecular flexibility index (Phi) is 6.31. The minimum Gasteiger partial charge on any atom is -0.392 e. The van der Waals surface area contributed by atoms with E-state index in [4.69, 9.17) is 15.5 Å². The first-order valence-corrected chi connectivity index (χ1v) is 8.14. The number of rotatable bonds is 2. The summed E-state index contributed by atoms with van der Waals surface area (Å²) in [6.45, 7) is 6.01. The van der Waals surface area contributed by atoms with Crippen molar-refractivity contribution in [3.05, 3.63) is 52.7 Å². The van der Waals surface area contributed by atoms with Gasteiger partial charge >= 0.3 is 0 Å². The number of aliphatic hydroxyl groups excluding tert-OH is 1. The predicted molar refractivity (Wildman–Crippen MR) is 85.7 cm³/mol. The third-order valence-electron chi connectivity index (χ3n) is 3.09. The van der Waals surface area contributed by atoms with Crippen LogP contribution in [0.1, 0.15) is 16.7 Å². The highest BCUT2D eigenvalue weighted by molar-refractivity contribution is 7.86. The van der Waals surface area contributed by atoms with E-state index < -0.39 is 10.1 Å². The van der Waals surface area contributed by atoms with Gasteiger partial charge in [-0.1, -0.05) is 23.8 Å². The highest BCUT2D eigenvalue weighted by atomic mass is 32.2. The van der Waals surface area contributed by atoms with E-state index in [-0.39, 0.29) is 11.5 Å². The van der Waals surface area contributed by atoms with Gasteiger partial charge in [0.25, 0.3) is 10.1 Å². The highest BCUT2D eigenvalue weighted by Crippen LogP contribution is 2.20. The van der Waals surface area contributed by atoms with Gasteiger partial charge in [-0.05, 0) is 43.5 Å². The van der Waals surface area contributed by atoms with E-state index in [1.54, 1.807) is 43.3 Å². The third-order valence-corrected chi connectivity index (χ3v) is 4.25. The van der Waals surface area contributed by atoms with Gasteiger partial charge in [0.2, 0.25) is 0 Å². The highest BCUT2D eigenvalue weighted by Gasteiger charge is 2.15. The zero-order valence-corrected chi connectivity index (χ0v) is 13.8. The van der Waals surface area contributed by atoms with Gasteiger partial charge in [0, 0.05) is 6.20 Å². The minimum atomic E-state index is -4.08. The van der Waals surface area contributed by atoms with Crippen molar-refractivity contribution in [1.82, 2.24) is 5.01 Å². The van der Waals surface area contributed by atoms with E-state index in [0.29, 0.717) is 17.7 Å². The van der Waals surface area contributed by atoms with Crippen molar-refractivity contribution in [3.63, 3.8) is 0 Å². The number of benzene rings is 1. The van der Waals surface area contributed by atoms with E-state index in [1.165, 1.54) is 0 Å². The molecule has 2 rings (SSSR count). The fraction of sp³-hybridized carbons (Fsp3) is 0.333. The number of hydrogen-bond donors (Lipinski definition) is 3. The molecule has 1 heterocycles. The van der Waals surface area contributed by atoms with Crippen molar-refractivity contribution in [2.75, 3.05) is 13.2 Å². The first kappa shape index (κ1) is 18.4. The summed E-state index contributed by atoms with van der Waals surface area (Å²) in [5.41, 5.74) is 3.08. The Morgan fingerprint density at radius 2 is 1.77 bits per heavy atom. The van der Waals surface area contributed by atoms with E-state index in [1.807, 2.05) is 13.0 Å². The van der Waals surface area contributed by atoms with Crippen LogP contribution in [0.2, 0.25) is 0 Å². The lowest BCUT2D eigenvalue weighted by Crippen LogP contribution is -2.27. The van der Waals surface area contributed by atoms with Crippen LogP contribution in [-0.4, -0.2) is 36.2 Å². The molecule has 4 N–H and O–H groups in total. The molecule has 6 nitrogen and oxygen atoms in total. The number of nitrogens with two attached hydrogens (primary N) is 1. The molecular formula is C15H22N2O4S. The summed E-state index contributed by atoms with van der Waals surface area (Å²) in [6.07, 6.45) is 5.43. The topological polar surface area (TPSA) is 104 Å². The molecule has 1 aliphatic heterocycles. The molecule has 122 valence electrons. The molecule has 0 fully saturated rings. The zero-order valence-electron chi connectivity index (χ0n) is 12.9. The second-order valence-electron chi connectivity index (χ2n) is 5.15. The monoisotopic (exact) mass is 326 g/mol. The van der Waals surface area contributed by atoms with Gasteiger partial charge in [0.15, 0.2) is 0 Å². The summed E-state index contributed by atoms with van der Waals surface area (Å²) in [5.74, 6) is 5.37. The Labute approximate surface area is 131 Å². The van der Waals surface area contributed by atoms with Gasteiger partial charge < -0.3 is 10.1 Å². The van der Waals surface area contributed by atoms with Crippen LogP contribution < -0.4 is 5.84 Å². The number of aryl methyl sites for hydroxylation is 3. The predicted octanol–water partition coefficient (Wildman–Crippen LogP) is 1.47. The Morgan fingerprint density at radius 3 is 2.14 bits per heavy atom. The zero-order chi connectivity index (χ0) is 16.9. The van der Waals surface area contributed by atoms with Crippen molar-refractivity contribution in [2.24, 2.45) is 5.84 Å². The number of nitrogens with zero attached hydrogens (tertiary/aromatic N) is 1. The maximum Gasteiger partial charge on any atom is 0.295 e. The number of aliphatic hydroxyl groups is 1. The minimum absolute atomic E-state index is 0.0260. The number of hydrazine groups is 1.